The first-order chi connectivity index (χ1) is 12.1. The van der Waals surface area contributed by atoms with Gasteiger partial charge in [-0.05, 0) is 42.8 Å². The molecule has 5 nitrogen and oxygen atoms in total. The summed E-state index contributed by atoms with van der Waals surface area (Å²) in [5.41, 5.74) is 4.15. The molecular weight excluding hydrogens is 361 g/mol. The highest BCUT2D eigenvalue weighted by atomic mass is 35.5. The molecule has 0 fully saturated rings. The van der Waals surface area contributed by atoms with Crippen LogP contribution < -0.4 is 15.5 Å². The number of halogens is 2. The Balaban J connectivity index is 1.67. The van der Waals surface area contributed by atoms with Crippen LogP contribution >= 0.6 is 23.2 Å². The SMILES string of the molecule is COc1ccc(NCCCC(=O)N/N=C\c2ccc(Cl)cc2Cl)cc1. The zero-order chi connectivity index (χ0) is 18.1. The zero-order valence-corrected chi connectivity index (χ0v) is 15.3. The molecule has 0 bridgehead atoms. The zero-order valence-electron chi connectivity index (χ0n) is 13.8. The van der Waals surface area contributed by atoms with Gasteiger partial charge in [0.25, 0.3) is 0 Å². The molecular formula is C18H19Cl2N3O2. The van der Waals surface area contributed by atoms with Crippen molar-refractivity contribution in [2.75, 3.05) is 19.0 Å². The minimum Gasteiger partial charge on any atom is -0.497 e. The van der Waals surface area contributed by atoms with Gasteiger partial charge in [0.15, 0.2) is 0 Å². The number of carbonyl (C=O) groups is 1. The summed E-state index contributed by atoms with van der Waals surface area (Å²) >= 11 is 11.8. The summed E-state index contributed by atoms with van der Waals surface area (Å²) in [4.78, 5) is 11.7. The van der Waals surface area contributed by atoms with Crippen molar-refractivity contribution in [2.45, 2.75) is 12.8 Å². The van der Waals surface area contributed by atoms with Crippen molar-refractivity contribution in [3.63, 3.8) is 0 Å². The molecule has 2 aromatic carbocycles. The topological polar surface area (TPSA) is 62.7 Å². The van der Waals surface area contributed by atoms with E-state index in [9.17, 15) is 4.79 Å². The van der Waals surface area contributed by atoms with Crippen molar-refractivity contribution in [3.05, 3.63) is 58.1 Å². The first-order valence-electron chi connectivity index (χ1n) is 7.73. The lowest BCUT2D eigenvalue weighted by Crippen LogP contribution is -2.18. The third-order valence-corrected chi connectivity index (χ3v) is 3.92. The minimum atomic E-state index is -0.155. The third-order valence-electron chi connectivity index (χ3n) is 3.36. The van der Waals surface area contributed by atoms with Gasteiger partial charge in [0.2, 0.25) is 5.91 Å². The molecule has 7 heteroatoms. The fourth-order valence-corrected chi connectivity index (χ4v) is 2.48. The lowest BCUT2D eigenvalue weighted by Gasteiger charge is -2.07. The molecule has 0 saturated carbocycles. The average molecular weight is 380 g/mol. The van der Waals surface area contributed by atoms with Crippen LogP contribution in [0, 0.1) is 0 Å². The Morgan fingerprint density at radius 2 is 1.96 bits per heavy atom. The van der Waals surface area contributed by atoms with E-state index in [1.807, 2.05) is 24.3 Å². The number of nitrogens with zero attached hydrogens (tertiary/aromatic N) is 1. The summed E-state index contributed by atoms with van der Waals surface area (Å²) in [5, 5.41) is 8.18. The van der Waals surface area contributed by atoms with Crippen LogP contribution in [-0.2, 0) is 4.79 Å². The van der Waals surface area contributed by atoms with E-state index in [-0.39, 0.29) is 5.91 Å². The molecule has 0 unspecified atom stereocenters. The maximum Gasteiger partial charge on any atom is 0.240 e. The number of methoxy groups -OCH3 is 1. The molecule has 132 valence electrons. The second-order valence-electron chi connectivity index (χ2n) is 5.22. The molecule has 2 aromatic rings. The molecule has 2 N–H and O–H groups in total. The van der Waals surface area contributed by atoms with Gasteiger partial charge in [0, 0.05) is 29.2 Å². The molecule has 0 atom stereocenters. The van der Waals surface area contributed by atoms with E-state index >= 15 is 0 Å². The molecule has 0 heterocycles. The molecule has 0 saturated heterocycles. The number of amides is 1. The number of anilines is 1. The molecule has 1 amide bonds. The van der Waals surface area contributed by atoms with Crippen LogP contribution in [0.5, 0.6) is 5.75 Å². The van der Waals surface area contributed by atoms with Gasteiger partial charge in [-0.1, -0.05) is 29.3 Å². The monoisotopic (exact) mass is 379 g/mol. The number of nitrogens with one attached hydrogen (secondary N) is 2. The number of hydrazone groups is 1. The van der Waals surface area contributed by atoms with Crippen LogP contribution in [0.3, 0.4) is 0 Å². The van der Waals surface area contributed by atoms with E-state index in [0.717, 1.165) is 11.4 Å². The predicted octanol–water partition coefficient (Wildman–Crippen LogP) is 4.34. The molecule has 0 aliphatic rings. The summed E-state index contributed by atoms with van der Waals surface area (Å²) in [7, 11) is 1.63. The van der Waals surface area contributed by atoms with Gasteiger partial charge < -0.3 is 10.1 Å². The summed E-state index contributed by atoms with van der Waals surface area (Å²) in [6.07, 6.45) is 2.55. The van der Waals surface area contributed by atoms with Crippen LogP contribution in [0.1, 0.15) is 18.4 Å². The Labute approximate surface area is 157 Å². The van der Waals surface area contributed by atoms with Gasteiger partial charge in [-0.15, -0.1) is 0 Å². The third kappa shape index (κ3) is 6.64. The number of benzene rings is 2. The van der Waals surface area contributed by atoms with Crippen molar-refractivity contribution < 1.29 is 9.53 Å². The Hall–Kier alpha value is -2.24. The van der Waals surface area contributed by atoms with Crippen molar-refractivity contribution in [1.29, 1.82) is 0 Å². The smallest absolute Gasteiger partial charge is 0.240 e. The highest BCUT2D eigenvalue weighted by molar-refractivity contribution is 6.36. The second-order valence-corrected chi connectivity index (χ2v) is 6.06. The van der Waals surface area contributed by atoms with Gasteiger partial charge in [-0.3, -0.25) is 4.79 Å². The Morgan fingerprint density at radius 1 is 1.20 bits per heavy atom. The van der Waals surface area contributed by atoms with Crippen LogP contribution in [0.2, 0.25) is 10.0 Å². The largest absolute Gasteiger partial charge is 0.497 e. The van der Waals surface area contributed by atoms with E-state index in [1.54, 1.807) is 25.3 Å². The van der Waals surface area contributed by atoms with Crippen LogP contribution in [-0.4, -0.2) is 25.8 Å². The fraction of sp³-hybridized carbons (Fsp3) is 0.222. The average Bonchev–Trinajstić information content (AvgIpc) is 2.61. The Morgan fingerprint density at radius 3 is 2.64 bits per heavy atom. The van der Waals surface area contributed by atoms with E-state index in [1.165, 1.54) is 6.21 Å². The van der Waals surface area contributed by atoms with E-state index in [0.29, 0.717) is 35.0 Å². The summed E-state index contributed by atoms with van der Waals surface area (Å²) in [5.74, 6) is 0.654. The maximum atomic E-state index is 11.7. The molecule has 25 heavy (non-hydrogen) atoms. The van der Waals surface area contributed by atoms with Gasteiger partial charge in [0.05, 0.1) is 18.3 Å². The van der Waals surface area contributed by atoms with Crippen molar-refractivity contribution >= 4 is 41.0 Å². The van der Waals surface area contributed by atoms with Gasteiger partial charge in [0.1, 0.15) is 5.75 Å². The van der Waals surface area contributed by atoms with Crippen LogP contribution in [0.15, 0.2) is 47.6 Å². The van der Waals surface area contributed by atoms with E-state index in [4.69, 9.17) is 27.9 Å². The molecule has 0 aromatic heterocycles. The Bertz CT molecular complexity index is 734. The normalized spacial score (nSPS) is 10.7. The lowest BCUT2D eigenvalue weighted by molar-refractivity contribution is -0.121. The van der Waals surface area contributed by atoms with Crippen molar-refractivity contribution in [1.82, 2.24) is 5.43 Å². The van der Waals surface area contributed by atoms with Crippen LogP contribution in [0.25, 0.3) is 0 Å². The Kier molecular flexibility index (Phi) is 7.57. The maximum absolute atomic E-state index is 11.7. The van der Waals surface area contributed by atoms with E-state index in [2.05, 4.69) is 15.8 Å². The summed E-state index contributed by atoms with van der Waals surface area (Å²) in [6.45, 7) is 0.687. The van der Waals surface area contributed by atoms with Crippen molar-refractivity contribution in [3.8, 4) is 5.75 Å². The molecule has 2 rings (SSSR count). The number of hydrogen-bond acceptors (Lipinski definition) is 4. The number of carbonyl (C=O) groups excluding carboxylic acids is 1. The van der Waals surface area contributed by atoms with E-state index < -0.39 is 0 Å². The van der Waals surface area contributed by atoms with Gasteiger partial charge in [-0.25, -0.2) is 5.43 Å². The second kappa shape index (κ2) is 9.91. The molecule has 0 spiro atoms. The highest BCUT2D eigenvalue weighted by Crippen LogP contribution is 2.19. The van der Waals surface area contributed by atoms with Gasteiger partial charge in [-0.2, -0.15) is 5.10 Å². The molecule has 0 aliphatic carbocycles. The summed E-state index contributed by atoms with van der Waals surface area (Å²) in [6, 6.07) is 12.7. The highest BCUT2D eigenvalue weighted by Gasteiger charge is 2.01. The lowest BCUT2D eigenvalue weighted by atomic mass is 10.2. The number of rotatable bonds is 8. The first kappa shape index (κ1) is 19.1. The quantitative estimate of drug-likeness (QED) is 0.407. The van der Waals surface area contributed by atoms with Crippen molar-refractivity contribution in [2.24, 2.45) is 5.10 Å². The fourth-order valence-electron chi connectivity index (χ4n) is 2.03. The van der Waals surface area contributed by atoms with Gasteiger partial charge >= 0.3 is 0 Å². The number of ether oxygens (including phenoxy) is 1. The molecule has 0 radical (unpaired) electrons. The minimum absolute atomic E-state index is 0.155. The summed E-state index contributed by atoms with van der Waals surface area (Å²) < 4.78 is 5.10. The predicted molar refractivity (Wildman–Crippen MR) is 103 cm³/mol. The standard InChI is InChI=1S/C18H19Cl2N3O2/c1-25-16-8-6-15(7-9-16)21-10-2-3-18(24)23-22-12-13-4-5-14(19)11-17(13)20/h4-9,11-12,21H,2-3,10H2,1H3,(H,23,24)/b22-12-. The number of hydrogen-bond donors (Lipinski definition) is 2. The van der Waals surface area contributed by atoms with Crippen LogP contribution in [0.4, 0.5) is 5.69 Å². The molecule has 0 aliphatic heterocycles. The first-order valence-corrected chi connectivity index (χ1v) is 8.49.